The van der Waals surface area contributed by atoms with Gasteiger partial charge in [-0.15, -0.1) is 6.42 Å². The Bertz CT molecular complexity index is 738. The number of carbonyl (C=O) groups is 2. The number of rotatable bonds is 2. The summed E-state index contributed by atoms with van der Waals surface area (Å²) in [6.45, 7) is 7.79. The Kier molecular flexibility index (Phi) is 5.03. The van der Waals surface area contributed by atoms with Gasteiger partial charge in [-0.1, -0.05) is 19.8 Å². The number of esters is 2. The third-order valence-electron chi connectivity index (χ3n) is 9.62. The van der Waals surface area contributed by atoms with Crippen LogP contribution in [0.5, 0.6) is 0 Å². The SMILES string of the molecule is C#C[C@]1(OC(C)=O)CCC2C3CC[C@H]4C[C@@H](OC(C)=O)CCC4(C)C3CC[C@@]21C. The van der Waals surface area contributed by atoms with Crippen molar-refractivity contribution in [3.8, 4) is 12.3 Å². The van der Waals surface area contributed by atoms with Crippen molar-refractivity contribution >= 4 is 11.9 Å². The lowest BCUT2D eigenvalue weighted by molar-refractivity contribution is -0.178. The highest BCUT2D eigenvalue weighted by Gasteiger charge is 2.66. The van der Waals surface area contributed by atoms with Crippen molar-refractivity contribution in [1.29, 1.82) is 0 Å². The minimum Gasteiger partial charge on any atom is -0.463 e. The van der Waals surface area contributed by atoms with Gasteiger partial charge in [-0.05, 0) is 86.9 Å². The monoisotopic (exact) mass is 400 g/mol. The number of ether oxygens (including phenoxy) is 2. The van der Waals surface area contributed by atoms with Crippen molar-refractivity contribution < 1.29 is 19.1 Å². The molecule has 4 heteroatoms. The van der Waals surface area contributed by atoms with Gasteiger partial charge in [0.15, 0.2) is 5.60 Å². The van der Waals surface area contributed by atoms with Crippen molar-refractivity contribution in [3.05, 3.63) is 0 Å². The average Bonchev–Trinajstić information content (AvgIpc) is 2.94. The quantitative estimate of drug-likeness (QED) is 0.489. The van der Waals surface area contributed by atoms with E-state index in [1.165, 1.54) is 26.7 Å². The number of carbonyl (C=O) groups excluding carboxylic acids is 2. The van der Waals surface area contributed by atoms with Crippen LogP contribution in [0, 0.1) is 46.8 Å². The normalized spacial score (nSPS) is 48.4. The zero-order valence-electron chi connectivity index (χ0n) is 18.5. The highest BCUT2D eigenvalue weighted by atomic mass is 16.6. The van der Waals surface area contributed by atoms with Gasteiger partial charge in [-0.2, -0.15) is 0 Å². The maximum absolute atomic E-state index is 11.9. The molecule has 0 spiro atoms. The molecule has 0 N–H and O–H groups in total. The van der Waals surface area contributed by atoms with Crippen molar-refractivity contribution in [2.75, 3.05) is 0 Å². The zero-order chi connectivity index (χ0) is 21.0. The molecule has 4 nitrogen and oxygen atoms in total. The van der Waals surface area contributed by atoms with E-state index in [-0.39, 0.29) is 23.5 Å². The second kappa shape index (κ2) is 7.03. The van der Waals surface area contributed by atoms with Crippen LogP contribution in [-0.4, -0.2) is 23.6 Å². The molecule has 4 aliphatic rings. The molecular weight excluding hydrogens is 364 g/mol. The number of fused-ring (bicyclic) bond motifs is 5. The predicted octanol–water partition coefficient (Wildman–Crippen LogP) is 4.90. The van der Waals surface area contributed by atoms with Crippen LogP contribution in [0.25, 0.3) is 0 Å². The van der Waals surface area contributed by atoms with Crippen LogP contribution in [0.15, 0.2) is 0 Å². The molecule has 4 unspecified atom stereocenters. The Morgan fingerprint density at radius 2 is 1.66 bits per heavy atom. The minimum absolute atomic E-state index is 0.0977. The molecule has 0 aliphatic heterocycles. The van der Waals surface area contributed by atoms with Gasteiger partial charge in [0.2, 0.25) is 0 Å². The van der Waals surface area contributed by atoms with Crippen molar-refractivity contribution in [1.82, 2.24) is 0 Å². The predicted molar refractivity (Wildman–Crippen MR) is 111 cm³/mol. The number of hydrogen-bond donors (Lipinski definition) is 0. The Hall–Kier alpha value is -1.50. The standard InChI is InChI=1S/C25H36O4/c1-6-25(29-17(3)27)14-11-22-20-8-7-18-15-19(28-16(2)26)9-12-23(18,4)21(20)10-13-24(22,25)5/h1,18-22H,7-15H2,2-5H3/t18-,19-,20?,21?,22?,23?,24-,25-/m0/s1. The van der Waals surface area contributed by atoms with Crippen LogP contribution in [0.2, 0.25) is 0 Å². The van der Waals surface area contributed by atoms with Gasteiger partial charge in [0, 0.05) is 19.3 Å². The zero-order valence-corrected chi connectivity index (χ0v) is 18.5. The van der Waals surface area contributed by atoms with Crippen molar-refractivity contribution in [3.63, 3.8) is 0 Å². The molecule has 4 fully saturated rings. The van der Waals surface area contributed by atoms with E-state index < -0.39 is 5.60 Å². The Morgan fingerprint density at radius 3 is 2.31 bits per heavy atom. The first-order valence-corrected chi connectivity index (χ1v) is 11.5. The Labute approximate surface area is 175 Å². The lowest BCUT2D eigenvalue weighted by atomic mass is 9.44. The van der Waals surface area contributed by atoms with Gasteiger partial charge in [0.25, 0.3) is 0 Å². The summed E-state index contributed by atoms with van der Waals surface area (Å²) in [5.74, 6) is 5.06. The fourth-order valence-corrected chi connectivity index (χ4v) is 8.24. The minimum atomic E-state index is -0.737. The largest absolute Gasteiger partial charge is 0.463 e. The van der Waals surface area contributed by atoms with E-state index in [2.05, 4.69) is 19.8 Å². The van der Waals surface area contributed by atoms with Crippen LogP contribution in [0.4, 0.5) is 0 Å². The highest BCUT2D eigenvalue weighted by Crippen LogP contribution is 2.68. The maximum Gasteiger partial charge on any atom is 0.304 e. The van der Waals surface area contributed by atoms with E-state index in [1.807, 2.05) is 0 Å². The third-order valence-corrected chi connectivity index (χ3v) is 9.62. The smallest absolute Gasteiger partial charge is 0.304 e. The summed E-state index contributed by atoms with van der Waals surface area (Å²) in [5, 5.41) is 0. The van der Waals surface area contributed by atoms with Gasteiger partial charge in [-0.3, -0.25) is 9.59 Å². The summed E-state index contributed by atoms with van der Waals surface area (Å²) in [5.41, 5.74) is -0.532. The van der Waals surface area contributed by atoms with E-state index in [4.69, 9.17) is 15.9 Å². The molecule has 160 valence electrons. The first kappa shape index (κ1) is 20.8. The Morgan fingerprint density at radius 1 is 0.931 bits per heavy atom. The van der Waals surface area contributed by atoms with E-state index in [0.717, 1.165) is 44.9 Å². The molecule has 0 saturated heterocycles. The average molecular weight is 401 g/mol. The molecule has 0 heterocycles. The highest BCUT2D eigenvalue weighted by molar-refractivity contribution is 5.67. The van der Waals surface area contributed by atoms with Crippen LogP contribution in [-0.2, 0) is 19.1 Å². The molecular formula is C25H36O4. The van der Waals surface area contributed by atoms with Crippen molar-refractivity contribution in [2.24, 2.45) is 34.5 Å². The lowest BCUT2D eigenvalue weighted by Crippen LogP contribution is -2.57. The van der Waals surface area contributed by atoms with E-state index in [1.54, 1.807) is 0 Å². The van der Waals surface area contributed by atoms with Crippen LogP contribution in [0.1, 0.15) is 85.5 Å². The lowest BCUT2D eigenvalue weighted by Gasteiger charge is -2.61. The van der Waals surface area contributed by atoms with Crippen LogP contribution in [0.3, 0.4) is 0 Å². The summed E-state index contributed by atoms with van der Waals surface area (Å²) in [4.78, 5) is 23.3. The van der Waals surface area contributed by atoms with Crippen LogP contribution >= 0.6 is 0 Å². The van der Waals surface area contributed by atoms with Gasteiger partial charge >= 0.3 is 11.9 Å². The summed E-state index contributed by atoms with van der Waals surface area (Å²) in [7, 11) is 0. The van der Waals surface area contributed by atoms with Crippen molar-refractivity contribution in [2.45, 2.75) is 97.2 Å². The van der Waals surface area contributed by atoms with E-state index in [9.17, 15) is 9.59 Å². The first-order valence-electron chi connectivity index (χ1n) is 11.5. The molecule has 0 radical (unpaired) electrons. The number of hydrogen-bond acceptors (Lipinski definition) is 4. The van der Waals surface area contributed by atoms with Gasteiger partial charge in [0.05, 0.1) is 0 Å². The topological polar surface area (TPSA) is 52.6 Å². The Balaban J connectivity index is 1.57. The summed E-state index contributed by atoms with van der Waals surface area (Å²) >= 11 is 0. The van der Waals surface area contributed by atoms with Gasteiger partial charge in [0.1, 0.15) is 6.10 Å². The molecule has 29 heavy (non-hydrogen) atoms. The number of terminal acetylenes is 1. The molecule has 0 amide bonds. The molecule has 8 atom stereocenters. The second-order valence-electron chi connectivity index (χ2n) is 10.7. The molecule has 4 aliphatic carbocycles. The van der Waals surface area contributed by atoms with Gasteiger partial charge in [-0.25, -0.2) is 0 Å². The third kappa shape index (κ3) is 3.03. The maximum atomic E-state index is 11.9. The second-order valence-corrected chi connectivity index (χ2v) is 10.7. The molecule has 4 saturated carbocycles. The van der Waals surface area contributed by atoms with Crippen LogP contribution < -0.4 is 0 Å². The first-order chi connectivity index (χ1) is 13.6. The summed E-state index contributed by atoms with van der Waals surface area (Å²) < 4.78 is 11.4. The molecule has 0 aromatic rings. The molecule has 4 rings (SSSR count). The summed E-state index contributed by atoms with van der Waals surface area (Å²) in [6, 6.07) is 0. The fraction of sp³-hybridized carbons (Fsp3) is 0.840. The van der Waals surface area contributed by atoms with E-state index in [0.29, 0.717) is 29.1 Å². The molecule has 0 aromatic carbocycles. The summed E-state index contributed by atoms with van der Waals surface area (Å²) in [6.07, 6.45) is 15.7. The fourth-order valence-electron chi connectivity index (χ4n) is 8.24. The van der Waals surface area contributed by atoms with Gasteiger partial charge < -0.3 is 9.47 Å². The molecule has 0 aromatic heterocycles. The molecule has 0 bridgehead atoms. The van der Waals surface area contributed by atoms with E-state index >= 15 is 0 Å².